The number of hydrogen-bond donors (Lipinski definition) is 1. The van der Waals surface area contributed by atoms with Gasteiger partial charge in [0, 0.05) is 25.1 Å². The number of amides is 1. The van der Waals surface area contributed by atoms with Crippen molar-refractivity contribution < 1.29 is 19.4 Å². The third-order valence-electron chi connectivity index (χ3n) is 5.04. The fraction of sp³-hybridized carbons (Fsp3) is 0.550. The van der Waals surface area contributed by atoms with Crippen molar-refractivity contribution in [3.63, 3.8) is 0 Å². The van der Waals surface area contributed by atoms with Crippen LogP contribution in [0.1, 0.15) is 37.9 Å². The quantitative estimate of drug-likeness (QED) is 0.891. The van der Waals surface area contributed by atoms with Gasteiger partial charge in [0.25, 0.3) is 0 Å². The minimum absolute atomic E-state index is 0.136. The molecule has 1 unspecified atom stereocenters. The van der Waals surface area contributed by atoms with Crippen molar-refractivity contribution in [3.8, 4) is 5.75 Å². The van der Waals surface area contributed by atoms with Crippen LogP contribution in [0.25, 0.3) is 0 Å². The summed E-state index contributed by atoms with van der Waals surface area (Å²) in [6.07, 6.45) is 3.75. The van der Waals surface area contributed by atoms with Crippen LogP contribution < -0.4 is 4.74 Å². The molecule has 1 N–H and O–H groups in total. The SMILES string of the molecule is CCOc1ccc(C(O)C2CCN(C(=O)C3=CCOCC3)CC2)cc1. The number of aliphatic hydroxyl groups excluding tert-OH is 1. The maximum atomic E-state index is 12.5. The average molecular weight is 345 g/mol. The van der Waals surface area contributed by atoms with Gasteiger partial charge in [0.05, 0.1) is 25.9 Å². The summed E-state index contributed by atoms with van der Waals surface area (Å²) in [6.45, 7) is 5.16. The summed E-state index contributed by atoms with van der Waals surface area (Å²) in [5, 5.41) is 10.7. The van der Waals surface area contributed by atoms with E-state index in [1.165, 1.54) is 0 Å². The molecule has 1 aromatic rings. The zero-order chi connectivity index (χ0) is 17.6. The van der Waals surface area contributed by atoms with Crippen LogP contribution in [-0.4, -0.2) is 48.8 Å². The third-order valence-corrected chi connectivity index (χ3v) is 5.04. The van der Waals surface area contributed by atoms with Crippen molar-refractivity contribution in [3.05, 3.63) is 41.5 Å². The number of rotatable bonds is 5. The van der Waals surface area contributed by atoms with E-state index in [0.29, 0.717) is 39.3 Å². The van der Waals surface area contributed by atoms with Crippen LogP contribution >= 0.6 is 0 Å². The van der Waals surface area contributed by atoms with Gasteiger partial charge in [0.15, 0.2) is 0 Å². The number of nitrogens with zero attached hydrogens (tertiary/aromatic N) is 1. The van der Waals surface area contributed by atoms with Gasteiger partial charge in [-0.05, 0) is 43.4 Å². The molecule has 2 heterocycles. The summed E-state index contributed by atoms with van der Waals surface area (Å²) in [7, 11) is 0. The molecule has 1 saturated heterocycles. The molecule has 1 amide bonds. The molecule has 1 aromatic carbocycles. The standard InChI is InChI=1S/C20H27NO4/c1-2-25-18-5-3-15(4-6-18)19(22)16-7-11-21(12-8-16)20(23)17-9-13-24-14-10-17/h3-6,9,16,19,22H,2,7-8,10-14H2,1H3. The van der Waals surface area contributed by atoms with Crippen LogP contribution in [0.5, 0.6) is 5.75 Å². The summed E-state index contributed by atoms with van der Waals surface area (Å²) < 4.78 is 10.7. The van der Waals surface area contributed by atoms with Gasteiger partial charge < -0.3 is 19.5 Å². The van der Waals surface area contributed by atoms with E-state index in [-0.39, 0.29) is 11.8 Å². The first-order valence-electron chi connectivity index (χ1n) is 9.16. The second-order valence-electron chi connectivity index (χ2n) is 6.63. The molecule has 0 aromatic heterocycles. The number of piperidine rings is 1. The summed E-state index contributed by atoms with van der Waals surface area (Å²) in [5.41, 5.74) is 1.79. The minimum atomic E-state index is -0.491. The molecule has 5 nitrogen and oxygen atoms in total. The molecule has 2 aliphatic heterocycles. The average Bonchev–Trinajstić information content (AvgIpc) is 2.68. The summed E-state index contributed by atoms with van der Waals surface area (Å²) in [5.74, 6) is 1.14. The number of aliphatic hydroxyl groups is 1. The lowest BCUT2D eigenvalue weighted by atomic mass is 9.87. The number of carbonyl (C=O) groups excluding carboxylic acids is 1. The number of ether oxygens (including phenoxy) is 2. The Labute approximate surface area is 149 Å². The maximum Gasteiger partial charge on any atom is 0.249 e. The van der Waals surface area contributed by atoms with E-state index >= 15 is 0 Å². The number of benzene rings is 1. The largest absolute Gasteiger partial charge is 0.494 e. The molecule has 1 atom stereocenters. The lowest BCUT2D eigenvalue weighted by Gasteiger charge is -2.35. The maximum absolute atomic E-state index is 12.5. The van der Waals surface area contributed by atoms with Crippen molar-refractivity contribution in [2.75, 3.05) is 32.9 Å². The minimum Gasteiger partial charge on any atom is -0.494 e. The lowest BCUT2D eigenvalue weighted by molar-refractivity contribution is -0.129. The summed E-state index contributed by atoms with van der Waals surface area (Å²) in [4.78, 5) is 14.4. The Morgan fingerprint density at radius 3 is 2.64 bits per heavy atom. The van der Waals surface area contributed by atoms with Gasteiger partial charge >= 0.3 is 0 Å². The van der Waals surface area contributed by atoms with Crippen LogP contribution in [-0.2, 0) is 9.53 Å². The number of hydrogen-bond acceptors (Lipinski definition) is 4. The highest BCUT2D eigenvalue weighted by Crippen LogP contribution is 2.32. The Kier molecular flexibility index (Phi) is 6.10. The van der Waals surface area contributed by atoms with Crippen molar-refractivity contribution in [2.45, 2.75) is 32.3 Å². The zero-order valence-electron chi connectivity index (χ0n) is 14.8. The molecule has 0 bridgehead atoms. The number of likely N-dealkylation sites (tertiary alicyclic amines) is 1. The Hall–Kier alpha value is -1.85. The molecular weight excluding hydrogens is 318 g/mol. The number of carbonyl (C=O) groups is 1. The van der Waals surface area contributed by atoms with Gasteiger partial charge in [0.1, 0.15) is 5.75 Å². The second kappa shape index (κ2) is 8.50. The highest BCUT2D eigenvalue weighted by Gasteiger charge is 2.29. The molecule has 25 heavy (non-hydrogen) atoms. The molecule has 5 heteroatoms. The Morgan fingerprint density at radius 2 is 2.04 bits per heavy atom. The first-order chi connectivity index (χ1) is 12.2. The molecule has 136 valence electrons. The lowest BCUT2D eigenvalue weighted by Crippen LogP contribution is -2.41. The second-order valence-corrected chi connectivity index (χ2v) is 6.63. The topological polar surface area (TPSA) is 59.0 Å². The van der Waals surface area contributed by atoms with Crippen LogP contribution in [0.3, 0.4) is 0 Å². The molecule has 0 aliphatic carbocycles. The van der Waals surface area contributed by atoms with Crippen LogP contribution in [0.2, 0.25) is 0 Å². The van der Waals surface area contributed by atoms with Crippen molar-refractivity contribution in [2.24, 2.45) is 5.92 Å². The van der Waals surface area contributed by atoms with Gasteiger partial charge in [-0.15, -0.1) is 0 Å². The molecule has 3 rings (SSSR count). The van der Waals surface area contributed by atoms with Crippen LogP contribution in [0, 0.1) is 5.92 Å². The fourth-order valence-corrected chi connectivity index (χ4v) is 3.54. The van der Waals surface area contributed by atoms with Gasteiger partial charge in [0.2, 0.25) is 5.91 Å². The summed E-state index contributed by atoms with van der Waals surface area (Å²) in [6, 6.07) is 7.66. The normalized spacial score (nSPS) is 20.1. The van der Waals surface area contributed by atoms with E-state index < -0.39 is 6.10 Å². The highest BCUT2D eigenvalue weighted by molar-refractivity contribution is 5.93. The van der Waals surface area contributed by atoms with E-state index in [0.717, 1.165) is 29.7 Å². The fourth-order valence-electron chi connectivity index (χ4n) is 3.54. The smallest absolute Gasteiger partial charge is 0.249 e. The Balaban J connectivity index is 1.54. The Morgan fingerprint density at radius 1 is 1.32 bits per heavy atom. The first-order valence-corrected chi connectivity index (χ1v) is 9.16. The van der Waals surface area contributed by atoms with Crippen molar-refractivity contribution in [1.82, 2.24) is 4.90 Å². The first kappa shape index (κ1) is 18.0. The van der Waals surface area contributed by atoms with E-state index in [1.54, 1.807) is 0 Å². The molecule has 1 fully saturated rings. The highest BCUT2D eigenvalue weighted by atomic mass is 16.5. The predicted octanol–water partition coefficient (Wildman–Crippen LogP) is 2.70. The Bertz CT molecular complexity index is 603. The van der Waals surface area contributed by atoms with Crippen molar-refractivity contribution in [1.29, 1.82) is 0 Å². The molecule has 0 saturated carbocycles. The van der Waals surface area contributed by atoms with Crippen molar-refractivity contribution >= 4 is 5.91 Å². The molecule has 0 spiro atoms. The molecule has 0 radical (unpaired) electrons. The van der Waals surface area contributed by atoms with Gasteiger partial charge in [-0.3, -0.25) is 4.79 Å². The van der Waals surface area contributed by atoms with E-state index in [9.17, 15) is 9.90 Å². The molecular formula is C20H27NO4. The predicted molar refractivity (Wildman–Crippen MR) is 95.4 cm³/mol. The van der Waals surface area contributed by atoms with E-state index in [1.807, 2.05) is 42.2 Å². The van der Waals surface area contributed by atoms with Gasteiger partial charge in [-0.25, -0.2) is 0 Å². The monoisotopic (exact) mass is 345 g/mol. The summed E-state index contributed by atoms with van der Waals surface area (Å²) >= 11 is 0. The van der Waals surface area contributed by atoms with E-state index in [4.69, 9.17) is 9.47 Å². The third kappa shape index (κ3) is 4.41. The van der Waals surface area contributed by atoms with Crippen LogP contribution in [0.4, 0.5) is 0 Å². The zero-order valence-corrected chi connectivity index (χ0v) is 14.8. The van der Waals surface area contributed by atoms with E-state index in [2.05, 4.69) is 0 Å². The van der Waals surface area contributed by atoms with Crippen LogP contribution in [0.15, 0.2) is 35.9 Å². The van der Waals surface area contributed by atoms with Gasteiger partial charge in [-0.2, -0.15) is 0 Å². The molecule has 2 aliphatic rings. The van der Waals surface area contributed by atoms with Gasteiger partial charge in [-0.1, -0.05) is 18.2 Å².